The van der Waals surface area contributed by atoms with Gasteiger partial charge in [0.25, 0.3) is 0 Å². The molecule has 100 valence electrons. The summed E-state index contributed by atoms with van der Waals surface area (Å²) < 4.78 is 0. The van der Waals surface area contributed by atoms with Crippen molar-refractivity contribution in [2.45, 2.75) is 89.6 Å². The number of hydrogen-bond acceptors (Lipinski definition) is 2. The number of nitrogens with zero attached hydrogens (tertiary/aromatic N) is 1. The number of hydrogen-bond donors (Lipinski definition) is 1. The zero-order valence-electron chi connectivity index (χ0n) is 11.5. The van der Waals surface area contributed by atoms with Gasteiger partial charge < -0.3 is 0 Å². The van der Waals surface area contributed by atoms with E-state index in [1.807, 2.05) is 0 Å². The van der Waals surface area contributed by atoms with Gasteiger partial charge in [0.2, 0.25) is 0 Å². The Hall–Kier alpha value is -0.0800. The summed E-state index contributed by atoms with van der Waals surface area (Å²) in [4.78, 5) is 0. The van der Waals surface area contributed by atoms with Gasteiger partial charge in [-0.25, -0.2) is 5.01 Å². The van der Waals surface area contributed by atoms with Gasteiger partial charge in [-0.3, -0.25) is 5.84 Å². The molecule has 0 aromatic heterocycles. The van der Waals surface area contributed by atoms with Crippen LogP contribution in [-0.4, -0.2) is 17.1 Å². The highest BCUT2D eigenvalue weighted by Crippen LogP contribution is 2.32. The molecule has 0 aromatic carbocycles. The Morgan fingerprint density at radius 2 is 1.47 bits per heavy atom. The smallest absolute Gasteiger partial charge is 0.0269 e. The molecule has 2 rings (SSSR count). The molecule has 0 aliphatic heterocycles. The van der Waals surface area contributed by atoms with Gasteiger partial charge in [-0.1, -0.05) is 45.4 Å². The molecule has 2 aliphatic carbocycles. The van der Waals surface area contributed by atoms with Gasteiger partial charge in [0, 0.05) is 12.1 Å². The molecule has 2 saturated carbocycles. The first-order valence-corrected chi connectivity index (χ1v) is 7.86. The summed E-state index contributed by atoms with van der Waals surface area (Å²) in [5.74, 6) is 7.34. The Morgan fingerprint density at radius 3 is 2.00 bits per heavy atom. The molecule has 1 atom stereocenters. The van der Waals surface area contributed by atoms with Crippen molar-refractivity contribution >= 4 is 0 Å². The quantitative estimate of drug-likeness (QED) is 0.595. The van der Waals surface area contributed by atoms with Crippen LogP contribution in [0.2, 0.25) is 0 Å². The molecule has 2 heteroatoms. The molecular formula is C15H30N2. The second-order valence-corrected chi connectivity index (χ2v) is 6.11. The molecule has 17 heavy (non-hydrogen) atoms. The van der Waals surface area contributed by atoms with Crippen LogP contribution < -0.4 is 5.84 Å². The van der Waals surface area contributed by atoms with Crippen LogP contribution in [-0.2, 0) is 0 Å². The van der Waals surface area contributed by atoms with Crippen LogP contribution in [0.1, 0.15) is 77.6 Å². The fourth-order valence-corrected chi connectivity index (χ4v) is 3.96. The lowest BCUT2D eigenvalue weighted by Crippen LogP contribution is -2.52. The molecule has 0 bridgehead atoms. The maximum Gasteiger partial charge on any atom is 0.0269 e. The maximum absolute atomic E-state index is 6.47. The molecule has 0 spiro atoms. The minimum absolute atomic E-state index is 0.651. The lowest BCUT2D eigenvalue weighted by atomic mass is 9.81. The van der Waals surface area contributed by atoms with Crippen LogP contribution >= 0.6 is 0 Å². The summed E-state index contributed by atoms with van der Waals surface area (Å²) in [5.41, 5.74) is 0. The first kappa shape index (κ1) is 13.4. The SMILES string of the molecule is CCC(C1CCCCC1)N(N)C1CCCCC1. The molecule has 2 nitrogen and oxygen atoms in total. The van der Waals surface area contributed by atoms with Crippen LogP contribution in [0.25, 0.3) is 0 Å². The minimum Gasteiger partial charge on any atom is -0.268 e. The Bertz CT molecular complexity index is 205. The lowest BCUT2D eigenvalue weighted by molar-refractivity contribution is 0.0534. The number of nitrogens with two attached hydrogens (primary N) is 1. The molecule has 0 heterocycles. The predicted molar refractivity (Wildman–Crippen MR) is 73.6 cm³/mol. The van der Waals surface area contributed by atoms with E-state index in [0.717, 1.165) is 5.92 Å². The van der Waals surface area contributed by atoms with Crippen molar-refractivity contribution in [2.75, 3.05) is 0 Å². The Labute approximate surface area is 107 Å². The zero-order valence-corrected chi connectivity index (χ0v) is 11.5. The summed E-state index contributed by atoms with van der Waals surface area (Å²) in [7, 11) is 0. The monoisotopic (exact) mass is 238 g/mol. The average molecular weight is 238 g/mol. The van der Waals surface area contributed by atoms with E-state index in [2.05, 4.69) is 11.9 Å². The van der Waals surface area contributed by atoms with Gasteiger partial charge in [0.05, 0.1) is 0 Å². The first-order valence-electron chi connectivity index (χ1n) is 7.86. The van der Waals surface area contributed by atoms with E-state index >= 15 is 0 Å². The van der Waals surface area contributed by atoms with Crippen LogP contribution in [0.3, 0.4) is 0 Å². The number of hydrazine groups is 1. The van der Waals surface area contributed by atoms with Crippen molar-refractivity contribution in [3.8, 4) is 0 Å². The summed E-state index contributed by atoms with van der Waals surface area (Å²) in [6.07, 6.45) is 15.2. The second kappa shape index (κ2) is 6.75. The molecule has 2 N–H and O–H groups in total. The third kappa shape index (κ3) is 3.45. The molecule has 1 unspecified atom stereocenters. The zero-order chi connectivity index (χ0) is 12.1. The van der Waals surface area contributed by atoms with E-state index in [4.69, 9.17) is 5.84 Å². The highest BCUT2D eigenvalue weighted by molar-refractivity contribution is 4.83. The average Bonchev–Trinajstić information content (AvgIpc) is 2.42. The van der Waals surface area contributed by atoms with Gasteiger partial charge in [-0.05, 0) is 38.0 Å². The van der Waals surface area contributed by atoms with E-state index in [-0.39, 0.29) is 0 Å². The Balaban J connectivity index is 1.90. The van der Waals surface area contributed by atoms with E-state index in [0.29, 0.717) is 12.1 Å². The van der Waals surface area contributed by atoms with Gasteiger partial charge >= 0.3 is 0 Å². The van der Waals surface area contributed by atoms with Crippen LogP contribution in [0, 0.1) is 5.92 Å². The van der Waals surface area contributed by atoms with E-state index in [1.54, 1.807) is 0 Å². The van der Waals surface area contributed by atoms with E-state index in [1.165, 1.54) is 70.6 Å². The molecule has 0 radical (unpaired) electrons. The summed E-state index contributed by atoms with van der Waals surface area (Å²) >= 11 is 0. The second-order valence-electron chi connectivity index (χ2n) is 6.11. The Kier molecular flexibility index (Phi) is 5.30. The normalized spacial score (nSPS) is 26.3. The van der Waals surface area contributed by atoms with Crippen LogP contribution in [0.15, 0.2) is 0 Å². The van der Waals surface area contributed by atoms with Crippen molar-refractivity contribution in [3.63, 3.8) is 0 Å². The fourth-order valence-electron chi connectivity index (χ4n) is 3.96. The molecular weight excluding hydrogens is 208 g/mol. The van der Waals surface area contributed by atoms with Crippen molar-refractivity contribution in [3.05, 3.63) is 0 Å². The highest BCUT2D eigenvalue weighted by atomic mass is 15.4. The van der Waals surface area contributed by atoms with Crippen LogP contribution in [0.4, 0.5) is 0 Å². The van der Waals surface area contributed by atoms with Crippen molar-refractivity contribution in [2.24, 2.45) is 11.8 Å². The molecule has 0 saturated heterocycles. The topological polar surface area (TPSA) is 29.3 Å². The Morgan fingerprint density at radius 1 is 0.941 bits per heavy atom. The predicted octanol–water partition coefficient (Wildman–Crippen LogP) is 3.85. The third-order valence-electron chi connectivity index (χ3n) is 4.99. The molecule has 2 fully saturated rings. The van der Waals surface area contributed by atoms with Crippen molar-refractivity contribution < 1.29 is 0 Å². The summed E-state index contributed by atoms with van der Waals surface area (Å²) in [5, 5.41) is 2.27. The molecule has 0 amide bonds. The van der Waals surface area contributed by atoms with E-state index < -0.39 is 0 Å². The van der Waals surface area contributed by atoms with Gasteiger partial charge in [-0.15, -0.1) is 0 Å². The number of rotatable bonds is 4. The molecule has 0 aromatic rings. The van der Waals surface area contributed by atoms with Gasteiger partial charge in [0.15, 0.2) is 0 Å². The third-order valence-corrected chi connectivity index (χ3v) is 4.99. The molecule has 2 aliphatic rings. The largest absolute Gasteiger partial charge is 0.268 e. The summed E-state index contributed by atoms with van der Waals surface area (Å²) in [6.45, 7) is 2.32. The van der Waals surface area contributed by atoms with Crippen molar-refractivity contribution in [1.82, 2.24) is 5.01 Å². The van der Waals surface area contributed by atoms with Gasteiger partial charge in [0.1, 0.15) is 0 Å². The summed E-state index contributed by atoms with van der Waals surface area (Å²) in [6, 6.07) is 1.33. The maximum atomic E-state index is 6.47. The van der Waals surface area contributed by atoms with Crippen molar-refractivity contribution in [1.29, 1.82) is 0 Å². The first-order chi connectivity index (χ1) is 8.33. The standard InChI is InChI=1S/C15H30N2/c1-2-15(13-9-5-3-6-10-13)17(16)14-11-7-4-8-12-14/h13-15H,2-12,16H2,1H3. The highest BCUT2D eigenvalue weighted by Gasteiger charge is 2.30. The minimum atomic E-state index is 0.651. The lowest BCUT2D eigenvalue weighted by Gasteiger charge is -2.41. The van der Waals surface area contributed by atoms with Crippen LogP contribution in [0.5, 0.6) is 0 Å². The van der Waals surface area contributed by atoms with E-state index in [9.17, 15) is 0 Å². The van der Waals surface area contributed by atoms with Gasteiger partial charge in [-0.2, -0.15) is 0 Å². The fraction of sp³-hybridized carbons (Fsp3) is 1.00.